The number of rotatable bonds is 4. The first-order valence-electron chi connectivity index (χ1n) is 4.49. The number of hydrogen-bond donors (Lipinski definition) is 1. The minimum absolute atomic E-state index is 0.117. The maximum atomic E-state index is 11.7. The van der Waals surface area contributed by atoms with E-state index in [1.165, 1.54) is 0 Å². The second-order valence-corrected chi connectivity index (χ2v) is 5.76. The number of halogens is 1. The Balaban J connectivity index is 2.61. The fourth-order valence-corrected chi connectivity index (χ4v) is 2.88. The molecule has 1 aromatic rings. The quantitative estimate of drug-likeness (QED) is 0.917. The fraction of sp³-hybridized carbons (Fsp3) is 0.400. The SMILES string of the molecule is CC(N)CCS(=O)c1cccc(Br)c1. The van der Waals surface area contributed by atoms with Crippen LogP contribution in [0.25, 0.3) is 0 Å². The molecule has 4 heteroatoms. The molecule has 0 aliphatic heterocycles. The molecule has 0 heterocycles. The van der Waals surface area contributed by atoms with Gasteiger partial charge in [0.15, 0.2) is 0 Å². The fourth-order valence-electron chi connectivity index (χ4n) is 1.02. The molecule has 1 rings (SSSR count). The van der Waals surface area contributed by atoms with Crippen molar-refractivity contribution in [3.05, 3.63) is 28.7 Å². The molecule has 0 bridgehead atoms. The van der Waals surface area contributed by atoms with Gasteiger partial charge in [0.1, 0.15) is 0 Å². The summed E-state index contributed by atoms with van der Waals surface area (Å²) in [5, 5.41) is 0. The Morgan fingerprint density at radius 1 is 1.57 bits per heavy atom. The smallest absolute Gasteiger partial charge is 0.0530 e. The standard InChI is InChI=1S/C10H14BrNOS/c1-8(12)5-6-14(13)10-4-2-3-9(11)7-10/h2-4,7-8H,5-6,12H2,1H3. The molecule has 1 aromatic carbocycles. The Morgan fingerprint density at radius 3 is 2.86 bits per heavy atom. The van der Waals surface area contributed by atoms with Gasteiger partial charge in [0.2, 0.25) is 0 Å². The lowest BCUT2D eigenvalue weighted by Crippen LogP contribution is -2.17. The molecular formula is C10H14BrNOS. The zero-order valence-corrected chi connectivity index (χ0v) is 10.5. The van der Waals surface area contributed by atoms with Gasteiger partial charge in [-0.2, -0.15) is 0 Å². The first-order chi connectivity index (χ1) is 6.59. The van der Waals surface area contributed by atoms with Crippen LogP contribution in [0.15, 0.2) is 33.6 Å². The van der Waals surface area contributed by atoms with E-state index >= 15 is 0 Å². The molecule has 0 aliphatic carbocycles. The lowest BCUT2D eigenvalue weighted by Gasteiger charge is -2.05. The molecule has 2 atom stereocenters. The summed E-state index contributed by atoms with van der Waals surface area (Å²) in [6.07, 6.45) is 0.791. The molecule has 0 aliphatic rings. The summed E-state index contributed by atoms with van der Waals surface area (Å²) in [6.45, 7) is 1.93. The van der Waals surface area contributed by atoms with Crippen LogP contribution >= 0.6 is 15.9 Å². The summed E-state index contributed by atoms with van der Waals surface area (Å²) >= 11 is 3.35. The summed E-state index contributed by atoms with van der Waals surface area (Å²) in [7, 11) is -0.924. The zero-order valence-electron chi connectivity index (χ0n) is 8.07. The van der Waals surface area contributed by atoms with E-state index in [1.54, 1.807) is 0 Å². The van der Waals surface area contributed by atoms with Gasteiger partial charge >= 0.3 is 0 Å². The van der Waals surface area contributed by atoms with Gasteiger partial charge < -0.3 is 5.73 Å². The van der Waals surface area contributed by atoms with Crippen molar-refractivity contribution < 1.29 is 4.21 Å². The van der Waals surface area contributed by atoms with Crippen LogP contribution < -0.4 is 5.73 Å². The zero-order chi connectivity index (χ0) is 10.6. The summed E-state index contributed by atoms with van der Waals surface area (Å²) in [6, 6.07) is 7.69. The average molecular weight is 276 g/mol. The lowest BCUT2D eigenvalue weighted by atomic mass is 10.3. The number of benzene rings is 1. The maximum absolute atomic E-state index is 11.7. The summed E-state index contributed by atoms with van der Waals surface area (Å²) in [5.41, 5.74) is 5.60. The van der Waals surface area contributed by atoms with E-state index in [-0.39, 0.29) is 6.04 Å². The summed E-state index contributed by atoms with van der Waals surface area (Å²) < 4.78 is 12.7. The molecule has 0 aromatic heterocycles. The van der Waals surface area contributed by atoms with Crippen LogP contribution in [0.2, 0.25) is 0 Å². The second-order valence-electron chi connectivity index (χ2n) is 3.27. The van der Waals surface area contributed by atoms with E-state index in [4.69, 9.17) is 5.73 Å². The maximum Gasteiger partial charge on any atom is 0.0530 e. The molecule has 14 heavy (non-hydrogen) atoms. The molecule has 0 amide bonds. The third-order valence-electron chi connectivity index (χ3n) is 1.82. The third kappa shape index (κ3) is 3.90. The first kappa shape index (κ1) is 11.9. The topological polar surface area (TPSA) is 43.1 Å². The van der Waals surface area contributed by atoms with E-state index in [1.807, 2.05) is 31.2 Å². The minimum atomic E-state index is -0.924. The van der Waals surface area contributed by atoms with Gasteiger partial charge in [-0.3, -0.25) is 4.21 Å². The monoisotopic (exact) mass is 275 g/mol. The molecule has 0 saturated carbocycles. The van der Waals surface area contributed by atoms with Crippen LogP contribution in [0.3, 0.4) is 0 Å². The predicted octanol–water partition coefficient (Wildman–Crippen LogP) is 2.29. The highest BCUT2D eigenvalue weighted by atomic mass is 79.9. The molecule has 0 saturated heterocycles. The van der Waals surface area contributed by atoms with Crippen molar-refractivity contribution in [1.29, 1.82) is 0 Å². The minimum Gasteiger partial charge on any atom is -0.328 e. The van der Waals surface area contributed by atoms with Crippen molar-refractivity contribution in [2.75, 3.05) is 5.75 Å². The van der Waals surface area contributed by atoms with Crippen molar-refractivity contribution in [2.24, 2.45) is 5.73 Å². The Morgan fingerprint density at radius 2 is 2.29 bits per heavy atom. The van der Waals surface area contributed by atoms with Crippen molar-refractivity contribution in [2.45, 2.75) is 24.3 Å². The average Bonchev–Trinajstić information content (AvgIpc) is 2.14. The largest absolute Gasteiger partial charge is 0.328 e. The summed E-state index contributed by atoms with van der Waals surface area (Å²) in [5.74, 6) is 0.633. The van der Waals surface area contributed by atoms with Gasteiger partial charge in [0.25, 0.3) is 0 Å². The molecular weight excluding hydrogens is 262 g/mol. The Kier molecular flexibility index (Phi) is 4.78. The highest BCUT2D eigenvalue weighted by molar-refractivity contribution is 9.10. The molecule has 0 spiro atoms. The molecule has 0 radical (unpaired) electrons. The van der Waals surface area contributed by atoms with Crippen molar-refractivity contribution in [3.8, 4) is 0 Å². The Hall–Kier alpha value is -0.190. The van der Waals surface area contributed by atoms with Crippen molar-refractivity contribution >= 4 is 26.7 Å². The molecule has 78 valence electrons. The van der Waals surface area contributed by atoms with Gasteiger partial charge in [-0.05, 0) is 31.5 Å². The lowest BCUT2D eigenvalue weighted by molar-refractivity contribution is 0.668. The van der Waals surface area contributed by atoms with E-state index in [0.717, 1.165) is 15.8 Å². The van der Waals surface area contributed by atoms with Gasteiger partial charge in [-0.15, -0.1) is 0 Å². The molecule has 0 fully saturated rings. The highest BCUT2D eigenvalue weighted by Crippen LogP contribution is 2.15. The van der Waals surface area contributed by atoms with Crippen LogP contribution in [-0.2, 0) is 10.8 Å². The Labute approximate surface area is 95.5 Å². The normalized spacial score (nSPS) is 15.1. The Bertz CT molecular complexity index is 328. The predicted molar refractivity (Wildman–Crippen MR) is 63.7 cm³/mol. The van der Waals surface area contributed by atoms with Crippen molar-refractivity contribution in [3.63, 3.8) is 0 Å². The van der Waals surface area contributed by atoms with E-state index in [2.05, 4.69) is 15.9 Å². The number of nitrogens with two attached hydrogens (primary N) is 1. The summed E-state index contributed by atoms with van der Waals surface area (Å²) in [4.78, 5) is 0.861. The van der Waals surface area contributed by atoms with E-state index in [0.29, 0.717) is 5.75 Å². The van der Waals surface area contributed by atoms with Gasteiger partial charge in [-0.25, -0.2) is 0 Å². The van der Waals surface area contributed by atoms with Crippen LogP contribution in [0.5, 0.6) is 0 Å². The third-order valence-corrected chi connectivity index (χ3v) is 3.70. The van der Waals surface area contributed by atoms with Crippen LogP contribution in [0.4, 0.5) is 0 Å². The molecule has 2 N–H and O–H groups in total. The van der Waals surface area contributed by atoms with Crippen LogP contribution in [0.1, 0.15) is 13.3 Å². The second kappa shape index (κ2) is 5.63. The molecule has 2 nitrogen and oxygen atoms in total. The van der Waals surface area contributed by atoms with Gasteiger partial charge in [0, 0.05) is 21.2 Å². The van der Waals surface area contributed by atoms with Gasteiger partial charge in [-0.1, -0.05) is 22.0 Å². The van der Waals surface area contributed by atoms with Crippen LogP contribution in [-0.4, -0.2) is 16.0 Å². The van der Waals surface area contributed by atoms with Gasteiger partial charge in [0.05, 0.1) is 10.8 Å². The number of hydrogen-bond acceptors (Lipinski definition) is 2. The first-order valence-corrected chi connectivity index (χ1v) is 6.60. The van der Waals surface area contributed by atoms with Crippen LogP contribution in [0, 0.1) is 0 Å². The molecule has 2 unspecified atom stereocenters. The highest BCUT2D eigenvalue weighted by Gasteiger charge is 2.05. The van der Waals surface area contributed by atoms with E-state index < -0.39 is 10.8 Å². The van der Waals surface area contributed by atoms with Crippen molar-refractivity contribution in [1.82, 2.24) is 0 Å². The van der Waals surface area contributed by atoms with E-state index in [9.17, 15) is 4.21 Å².